The standard InChI is InChI=1S/C17H18N4O3/c22-15-9-11(16(23)24)17(20-15)5-7-21(8-6-17)14-10-18-12-3-1-2-4-13(12)19-14/h1-4,10-11H,5-9H2,(H,20,22)(H,23,24). The first-order valence-electron chi connectivity index (χ1n) is 8.08. The second kappa shape index (κ2) is 5.43. The monoisotopic (exact) mass is 326 g/mol. The lowest BCUT2D eigenvalue weighted by Gasteiger charge is -2.41. The summed E-state index contributed by atoms with van der Waals surface area (Å²) in [4.78, 5) is 34.4. The summed E-state index contributed by atoms with van der Waals surface area (Å²) in [6.45, 7) is 1.30. The van der Waals surface area contributed by atoms with Crippen molar-refractivity contribution in [2.24, 2.45) is 5.92 Å². The van der Waals surface area contributed by atoms with Crippen molar-refractivity contribution in [3.63, 3.8) is 0 Å². The van der Waals surface area contributed by atoms with Gasteiger partial charge in [-0.25, -0.2) is 4.98 Å². The molecule has 2 aromatic rings. The lowest BCUT2D eigenvalue weighted by molar-refractivity contribution is -0.144. The van der Waals surface area contributed by atoms with Gasteiger partial charge in [-0.2, -0.15) is 0 Å². The molecule has 2 saturated heterocycles. The van der Waals surface area contributed by atoms with E-state index in [9.17, 15) is 14.7 Å². The van der Waals surface area contributed by atoms with Gasteiger partial charge >= 0.3 is 5.97 Å². The van der Waals surface area contributed by atoms with Crippen molar-refractivity contribution in [3.8, 4) is 0 Å². The molecule has 2 aliphatic heterocycles. The third kappa shape index (κ3) is 2.36. The number of amides is 1. The van der Waals surface area contributed by atoms with E-state index in [-0.39, 0.29) is 12.3 Å². The molecule has 1 atom stereocenters. The second-order valence-electron chi connectivity index (χ2n) is 6.50. The fourth-order valence-corrected chi connectivity index (χ4v) is 3.83. The number of benzene rings is 1. The number of carboxylic acid groups (broad SMARTS) is 1. The minimum atomic E-state index is -0.896. The maximum atomic E-state index is 11.7. The highest BCUT2D eigenvalue weighted by Crippen LogP contribution is 2.37. The normalized spacial score (nSPS) is 22.8. The van der Waals surface area contributed by atoms with Gasteiger partial charge in [-0.1, -0.05) is 12.1 Å². The fraction of sp³-hybridized carbons (Fsp3) is 0.412. The van der Waals surface area contributed by atoms with Gasteiger partial charge in [-0.3, -0.25) is 14.6 Å². The molecule has 1 aromatic heterocycles. The Morgan fingerprint density at radius 2 is 1.96 bits per heavy atom. The van der Waals surface area contributed by atoms with Gasteiger partial charge in [-0.15, -0.1) is 0 Å². The Balaban J connectivity index is 1.55. The quantitative estimate of drug-likeness (QED) is 0.861. The molecule has 0 aliphatic carbocycles. The number of carboxylic acids is 1. The van der Waals surface area contributed by atoms with E-state index in [4.69, 9.17) is 0 Å². The van der Waals surface area contributed by atoms with E-state index in [0.717, 1.165) is 16.9 Å². The predicted octanol–water partition coefficient (Wildman–Crippen LogP) is 1.19. The van der Waals surface area contributed by atoms with Gasteiger partial charge in [0.05, 0.1) is 28.7 Å². The third-order valence-electron chi connectivity index (χ3n) is 5.16. The van der Waals surface area contributed by atoms with Crippen molar-refractivity contribution in [2.75, 3.05) is 18.0 Å². The van der Waals surface area contributed by atoms with Crippen LogP contribution < -0.4 is 10.2 Å². The molecule has 1 aromatic carbocycles. The van der Waals surface area contributed by atoms with Crippen LogP contribution in [0.15, 0.2) is 30.5 Å². The number of hydrogen-bond acceptors (Lipinski definition) is 5. The van der Waals surface area contributed by atoms with E-state index < -0.39 is 17.4 Å². The Bertz CT molecular complexity index is 814. The number of carbonyl (C=O) groups is 2. The molecular weight excluding hydrogens is 308 g/mol. The number of nitrogens with zero attached hydrogens (tertiary/aromatic N) is 3. The number of fused-ring (bicyclic) bond motifs is 1. The molecule has 7 nitrogen and oxygen atoms in total. The van der Waals surface area contributed by atoms with Gasteiger partial charge in [-0.05, 0) is 25.0 Å². The first-order chi connectivity index (χ1) is 11.6. The number of para-hydroxylation sites is 2. The Labute approximate surface area is 138 Å². The summed E-state index contributed by atoms with van der Waals surface area (Å²) >= 11 is 0. The third-order valence-corrected chi connectivity index (χ3v) is 5.16. The number of rotatable bonds is 2. The summed E-state index contributed by atoms with van der Waals surface area (Å²) in [6, 6.07) is 7.70. The van der Waals surface area contributed by atoms with Crippen LogP contribution in [0.2, 0.25) is 0 Å². The number of piperidine rings is 1. The van der Waals surface area contributed by atoms with Crippen LogP contribution in [0.1, 0.15) is 19.3 Å². The highest BCUT2D eigenvalue weighted by atomic mass is 16.4. The van der Waals surface area contributed by atoms with Crippen LogP contribution in [-0.4, -0.2) is 45.6 Å². The molecule has 1 unspecified atom stereocenters. The Morgan fingerprint density at radius 3 is 2.67 bits per heavy atom. The van der Waals surface area contributed by atoms with Gasteiger partial charge < -0.3 is 15.3 Å². The van der Waals surface area contributed by atoms with E-state index >= 15 is 0 Å². The minimum Gasteiger partial charge on any atom is -0.481 e. The van der Waals surface area contributed by atoms with E-state index in [0.29, 0.717) is 25.9 Å². The molecule has 4 rings (SSSR count). The topological polar surface area (TPSA) is 95.4 Å². The predicted molar refractivity (Wildman–Crippen MR) is 87.6 cm³/mol. The van der Waals surface area contributed by atoms with Crippen LogP contribution in [0.4, 0.5) is 5.82 Å². The molecular formula is C17H18N4O3. The lowest BCUT2D eigenvalue weighted by Crippen LogP contribution is -2.55. The maximum Gasteiger partial charge on any atom is 0.309 e. The number of anilines is 1. The van der Waals surface area contributed by atoms with Crippen LogP contribution in [0, 0.1) is 5.92 Å². The summed E-state index contributed by atoms with van der Waals surface area (Å²) in [5.41, 5.74) is 1.07. The molecule has 7 heteroatoms. The molecule has 2 fully saturated rings. The molecule has 0 saturated carbocycles. The molecule has 3 heterocycles. The number of carbonyl (C=O) groups excluding carboxylic acids is 1. The van der Waals surface area contributed by atoms with E-state index in [1.807, 2.05) is 24.3 Å². The number of hydrogen-bond donors (Lipinski definition) is 2. The van der Waals surface area contributed by atoms with Gasteiger partial charge in [0.25, 0.3) is 0 Å². The Morgan fingerprint density at radius 1 is 1.25 bits per heavy atom. The SMILES string of the molecule is O=C1CC(C(=O)O)C2(CCN(c3cnc4ccccc4n3)CC2)N1. The van der Waals surface area contributed by atoms with Gasteiger partial charge in [0.1, 0.15) is 5.82 Å². The van der Waals surface area contributed by atoms with Gasteiger partial charge in [0, 0.05) is 19.5 Å². The maximum absolute atomic E-state index is 11.7. The molecule has 0 radical (unpaired) electrons. The molecule has 24 heavy (non-hydrogen) atoms. The summed E-state index contributed by atoms with van der Waals surface area (Å²) in [6.07, 6.45) is 3.03. The van der Waals surface area contributed by atoms with E-state index in [1.54, 1.807) is 6.20 Å². The fourth-order valence-electron chi connectivity index (χ4n) is 3.83. The smallest absolute Gasteiger partial charge is 0.309 e. The zero-order chi connectivity index (χ0) is 16.7. The van der Waals surface area contributed by atoms with Crippen molar-refractivity contribution < 1.29 is 14.7 Å². The molecule has 2 aliphatic rings. The van der Waals surface area contributed by atoms with E-state index in [1.165, 1.54) is 0 Å². The van der Waals surface area contributed by atoms with Crippen LogP contribution in [0.3, 0.4) is 0 Å². The number of aliphatic carboxylic acids is 1. The number of nitrogens with one attached hydrogen (secondary N) is 1. The average molecular weight is 326 g/mol. The first kappa shape index (κ1) is 14.9. The Hall–Kier alpha value is -2.70. The van der Waals surface area contributed by atoms with Gasteiger partial charge in [0.2, 0.25) is 5.91 Å². The van der Waals surface area contributed by atoms with Crippen molar-refractivity contribution in [3.05, 3.63) is 30.5 Å². The molecule has 124 valence electrons. The second-order valence-corrected chi connectivity index (χ2v) is 6.50. The molecule has 0 bridgehead atoms. The van der Waals surface area contributed by atoms with E-state index in [2.05, 4.69) is 20.2 Å². The largest absolute Gasteiger partial charge is 0.481 e. The molecule has 1 spiro atoms. The van der Waals surface area contributed by atoms with Crippen molar-refractivity contribution in [1.29, 1.82) is 0 Å². The van der Waals surface area contributed by atoms with Crippen LogP contribution >= 0.6 is 0 Å². The van der Waals surface area contributed by atoms with Crippen LogP contribution in [0.5, 0.6) is 0 Å². The van der Waals surface area contributed by atoms with Crippen LogP contribution in [-0.2, 0) is 9.59 Å². The zero-order valence-electron chi connectivity index (χ0n) is 13.1. The van der Waals surface area contributed by atoms with Crippen molar-refractivity contribution in [1.82, 2.24) is 15.3 Å². The summed E-state index contributed by atoms with van der Waals surface area (Å²) in [5.74, 6) is -0.914. The van der Waals surface area contributed by atoms with Gasteiger partial charge in [0.15, 0.2) is 0 Å². The summed E-state index contributed by atoms with van der Waals surface area (Å²) in [5, 5.41) is 12.3. The molecule has 1 amide bonds. The van der Waals surface area contributed by atoms with Crippen molar-refractivity contribution >= 4 is 28.7 Å². The average Bonchev–Trinajstić information content (AvgIpc) is 2.91. The highest BCUT2D eigenvalue weighted by molar-refractivity contribution is 5.88. The summed E-state index contributed by atoms with van der Waals surface area (Å²) in [7, 11) is 0. The minimum absolute atomic E-state index is 0.0745. The first-order valence-corrected chi connectivity index (χ1v) is 8.08. The lowest BCUT2D eigenvalue weighted by atomic mass is 9.78. The summed E-state index contributed by atoms with van der Waals surface area (Å²) < 4.78 is 0. The Kier molecular flexibility index (Phi) is 3.37. The number of aromatic nitrogens is 2. The zero-order valence-corrected chi connectivity index (χ0v) is 13.1. The van der Waals surface area contributed by atoms with Crippen molar-refractivity contribution in [2.45, 2.75) is 24.8 Å². The van der Waals surface area contributed by atoms with Crippen LogP contribution in [0.25, 0.3) is 11.0 Å². The molecule has 2 N–H and O–H groups in total. The highest BCUT2D eigenvalue weighted by Gasteiger charge is 2.51.